The van der Waals surface area contributed by atoms with Crippen LogP contribution in [-0.4, -0.2) is 30.7 Å². The molecule has 0 aromatic heterocycles. The number of halogens is 1. The Hall–Kier alpha value is -1.42. The van der Waals surface area contributed by atoms with Gasteiger partial charge in [0.1, 0.15) is 18.5 Å². The number of likely N-dealkylation sites (tertiary alicyclic amines) is 1. The third-order valence-electron chi connectivity index (χ3n) is 4.45. The summed E-state index contributed by atoms with van der Waals surface area (Å²) in [5.74, 6) is -0.723. The van der Waals surface area contributed by atoms with Gasteiger partial charge in [0.05, 0.1) is 17.6 Å². The number of esters is 1. The second kappa shape index (κ2) is 7.03. The predicted octanol–water partition coefficient (Wildman–Crippen LogP) is 2.22. The zero-order valence-corrected chi connectivity index (χ0v) is 13.1. The molecule has 1 N–H and O–H groups in total. The molecule has 116 valence electrons. The molecule has 1 aliphatic heterocycles. The predicted molar refractivity (Wildman–Crippen MR) is 79.9 cm³/mol. The van der Waals surface area contributed by atoms with Crippen LogP contribution in [0, 0.1) is 5.82 Å². The van der Waals surface area contributed by atoms with Gasteiger partial charge < -0.3 is 9.64 Å². The van der Waals surface area contributed by atoms with Crippen molar-refractivity contribution in [2.24, 2.45) is 0 Å². The van der Waals surface area contributed by atoms with Gasteiger partial charge in [0, 0.05) is 0 Å². The van der Waals surface area contributed by atoms with Gasteiger partial charge in [-0.05, 0) is 64.3 Å². The van der Waals surface area contributed by atoms with Crippen molar-refractivity contribution < 1.29 is 18.8 Å². The van der Waals surface area contributed by atoms with Gasteiger partial charge >= 0.3 is 5.97 Å². The SMILES string of the molecule is C[C@H](C[NH+]1[C@H](C)CCC[C@H]1C)OC(=O)c1ccc(F)cc1. The van der Waals surface area contributed by atoms with Crippen LogP contribution in [-0.2, 0) is 4.74 Å². The monoisotopic (exact) mass is 294 g/mol. The summed E-state index contributed by atoms with van der Waals surface area (Å²) in [6, 6.07) is 6.71. The molecule has 0 amide bonds. The van der Waals surface area contributed by atoms with E-state index in [2.05, 4.69) is 13.8 Å². The minimum absolute atomic E-state index is 0.138. The highest BCUT2D eigenvalue weighted by Gasteiger charge is 2.30. The van der Waals surface area contributed by atoms with Crippen molar-refractivity contribution in [1.82, 2.24) is 0 Å². The third kappa shape index (κ3) is 4.27. The zero-order chi connectivity index (χ0) is 15.4. The largest absolute Gasteiger partial charge is 0.453 e. The number of ether oxygens (including phenoxy) is 1. The summed E-state index contributed by atoms with van der Waals surface area (Å²) < 4.78 is 18.3. The van der Waals surface area contributed by atoms with E-state index in [0.717, 1.165) is 6.54 Å². The smallest absolute Gasteiger partial charge is 0.338 e. The molecular formula is C17H25FNO2+. The average molecular weight is 294 g/mol. The molecule has 1 saturated heterocycles. The normalized spacial score (nSPS) is 24.6. The van der Waals surface area contributed by atoms with Crippen LogP contribution in [0.3, 0.4) is 0 Å². The molecule has 0 unspecified atom stereocenters. The summed E-state index contributed by atoms with van der Waals surface area (Å²) in [6.45, 7) is 7.29. The van der Waals surface area contributed by atoms with Gasteiger partial charge in [-0.25, -0.2) is 9.18 Å². The van der Waals surface area contributed by atoms with E-state index in [0.29, 0.717) is 17.6 Å². The fourth-order valence-electron chi connectivity index (χ4n) is 3.20. The molecule has 0 saturated carbocycles. The molecule has 0 bridgehead atoms. The Morgan fingerprint density at radius 2 is 1.86 bits per heavy atom. The van der Waals surface area contributed by atoms with Gasteiger partial charge in [-0.3, -0.25) is 0 Å². The highest BCUT2D eigenvalue weighted by atomic mass is 19.1. The highest BCUT2D eigenvalue weighted by molar-refractivity contribution is 5.89. The number of benzene rings is 1. The van der Waals surface area contributed by atoms with Crippen LogP contribution >= 0.6 is 0 Å². The summed E-state index contributed by atoms with van der Waals surface area (Å²) in [5, 5.41) is 0. The Morgan fingerprint density at radius 3 is 2.43 bits per heavy atom. The highest BCUT2D eigenvalue weighted by Crippen LogP contribution is 2.09. The first-order valence-electron chi connectivity index (χ1n) is 7.79. The molecule has 0 aliphatic carbocycles. The van der Waals surface area contributed by atoms with Crippen LogP contribution in [0.5, 0.6) is 0 Å². The van der Waals surface area contributed by atoms with Crippen molar-refractivity contribution in [1.29, 1.82) is 0 Å². The lowest BCUT2D eigenvalue weighted by Gasteiger charge is -2.37. The summed E-state index contributed by atoms with van der Waals surface area (Å²) in [4.78, 5) is 13.5. The molecule has 21 heavy (non-hydrogen) atoms. The molecular weight excluding hydrogens is 269 g/mol. The molecule has 1 fully saturated rings. The standard InChI is InChI=1S/C17H24FNO2/c1-12-5-4-6-13(2)19(12)11-14(3)21-17(20)15-7-9-16(18)10-8-15/h7-10,12-14H,4-6,11H2,1-3H3/p+1/t12-,13-,14-/m1/s1. The number of carbonyl (C=O) groups excluding carboxylic acids is 1. The average Bonchev–Trinajstić information content (AvgIpc) is 2.43. The second-order valence-electron chi connectivity index (χ2n) is 6.23. The van der Waals surface area contributed by atoms with Crippen molar-refractivity contribution in [3.8, 4) is 0 Å². The topological polar surface area (TPSA) is 30.7 Å². The van der Waals surface area contributed by atoms with Gasteiger partial charge in [-0.1, -0.05) is 0 Å². The Labute approximate surface area is 126 Å². The fraction of sp³-hybridized carbons (Fsp3) is 0.588. The fourth-order valence-corrected chi connectivity index (χ4v) is 3.20. The van der Waals surface area contributed by atoms with E-state index in [-0.39, 0.29) is 17.9 Å². The number of hydrogen-bond donors (Lipinski definition) is 1. The van der Waals surface area contributed by atoms with Crippen molar-refractivity contribution >= 4 is 5.97 Å². The van der Waals surface area contributed by atoms with Gasteiger partial charge in [-0.2, -0.15) is 0 Å². The molecule has 1 heterocycles. The van der Waals surface area contributed by atoms with Gasteiger partial charge in [0.25, 0.3) is 0 Å². The van der Waals surface area contributed by atoms with Crippen molar-refractivity contribution in [3.63, 3.8) is 0 Å². The van der Waals surface area contributed by atoms with Gasteiger partial charge in [-0.15, -0.1) is 0 Å². The Morgan fingerprint density at radius 1 is 1.29 bits per heavy atom. The minimum atomic E-state index is -0.376. The molecule has 3 nitrogen and oxygen atoms in total. The number of rotatable bonds is 4. The van der Waals surface area contributed by atoms with E-state index in [4.69, 9.17) is 4.74 Å². The molecule has 0 radical (unpaired) electrons. The second-order valence-corrected chi connectivity index (χ2v) is 6.23. The maximum atomic E-state index is 12.9. The number of piperidine rings is 1. The maximum Gasteiger partial charge on any atom is 0.338 e. The van der Waals surface area contributed by atoms with Crippen molar-refractivity contribution in [2.45, 2.75) is 58.2 Å². The number of hydrogen-bond acceptors (Lipinski definition) is 2. The Balaban J connectivity index is 1.90. The lowest BCUT2D eigenvalue weighted by molar-refractivity contribution is -0.953. The summed E-state index contributed by atoms with van der Waals surface area (Å²) in [5.41, 5.74) is 0.401. The van der Waals surface area contributed by atoms with Crippen LogP contribution in [0.4, 0.5) is 4.39 Å². The Kier molecular flexibility index (Phi) is 5.34. The minimum Gasteiger partial charge on any atom is -0.453 e. The molecule has 1 aromatic carbocycles. The maximum absolute atomic E-state index is 12.9. The summed E-state index contributed by atoms with van der Waals surface area (Å²) in [6.07, 6.45) is 3.62. The number of carbonyl (C=O) groups is 1. The number of nitrogens with one attached hydrogen (secondary N) is 1. The molecule has 0 spiro atoms. The molecule has 3 atom stereocenters. The van der Waals surface area contributed by atoms with Crippen LogP contribution in [0.2, 0.25) is 0 Å². The van der Waals surface area contributed by atoms with Crippen LogP contribution in [0.25, 0.3) is 0 Å². The van der Waals surface area contributed by atoms with E-state index in [1.54, 1.807) is 0 Å². The van der Waals surface area contributed by atoms with E-state index in [1.165, 1.54) is 48.4 Å². The van der Waals surface area contributed by atoms with E-state index < -0.39 is 0 Å². The third-order valence-corrected chi connectivity index (χ3v) is 4.45. The van der Waals surface area contributed by atoms with Crippen LogP contribution < -0.4 is 4.90 Å². The van der Waals surface area contributed by atoms with E-state index in [1.807, 2.05) is 6.92 Å². The van der Waals surface area contributed by atoms with Gasteiger partial charge in [0.2, 0.25) is 0 Å². The lowest BCUT2D eigenvalue weighted by Crippen LogP contribution is -3.20. The first-order chi connectivity index (χ1) is 9.97. The first kappa shape index (κ1) is 16.0. The van der Waals surface area contributed by atoms with Crippen LogP contribution in [0.15, 0.2) is 24.3 Å². The van der Waals surface area contributed by atoms with E-state index in [9.17, 15) is 9.18 Å². The summed E-state index contributed by atoms with van der Waals surface area (Å²) >= 11 is 0. The van der Waals surface area contributed by atoms with Gasteiger partial charge in [0.15, 0.2) is 0 Å². The van der Waals surface area contributed by atoms with Crippen molar-refractivity contribution in [3.05, 3.63) is 35.6 Å². The summed E-state index contributed by atoms with van der Waals surface area (Å²) in [7, 11) is 0. The Bertz CT molecular complexity index is 464. The van der Waals surface area contributed by atoms with Crippen molar-refractivity contribution in [2.75, 3.05) is 6.54 Å². The quantitative estimate of drug-likeness (QED) is 0.863. The molecule has 1 aromatic rings. The first-order valence-corrected chi connectivity index (χ1v) is 7.79. The lowest BCUT2D eigenvalue weighted by atomic mass is 9.97. The van der Waals surface area contributed by atoms with Crippen LogP contribution in [0.1, 0.15) is 50.4 Å². The molecule has 1 aliphatic rings. The zero-order valence-electron chi connectivity index (χ0n) is 13.1. The molecule has 4 heteroatoms. The number of quaternary nitrogens is 1. The van der Waals surface area contributed by atoms with E-state index >= 15 is 0 Å². The molecule has 2 rings (SSSR count).